The van der Waals surface area contributed by atoms with Crippen LogP contribution < -0.4 is 10.9 Å². The minimum atomic E-state index is -0.0875. The first-order chi connectivity index (χ1) is 9.62. The highest BCUT2D eigenvalue weighted by Gasteiger charge is 2.41. The fraction of sp³-hybridized carbons (Fsp3) is 0.714. The first-order valence-corrected chi connectivity index (χ1v) is 8.01. The van der Waals surface area contributed by atoms with Crippen molar-refractivity contribution in [3.05, 3.63) is 21.0 Å². The van der Waals surface area contributed by atoms with Crippen LogP contribution >= 0.6 is 15.9 Å². The number of aryl methyl sites for hydroxylation is 1. The molecular weight excluding hydrogens is 322 g/mol. The van der Waals surface area contributed by atoms with Crippen LogP contribution in [0.3, 0.4) is 0 Å². The summed E-state index contributed by atoms with van der Waals surface area (Å²) in [5.74, 6) is 0. The molecule has 5 nitrogen and oxygen atoms in total. The van der Waals surface area contributed by atoms with Crippen molar-refractivity contribution < 1.29 is 5.11 Å². The normalized spacial score (nSPS) is 16.1. The Morgan fingerprint density at radius 1 is 1.55 bits per heavy atom. The van der Waals surface area contributed by atoms with Gasteiger partial charge in [0.15, 0.2) is 0 Å². The Labute approximate surface area is 127 Å². The SMILES string of the molecule is CCCCn1ncc(NCC2(CCO)CC2)c(Br)c1=O. The molecule has 0 aromatic carbocycles. The molecule has 1 heterocycles. The second kappa shape index (κ2) is 6.72. The van der Waals surface area contributed by atoms with Crippen molar-refractivity contribution in [1.29, 1.82) is 0 Å². The van der Waals surface area contributed by atoms with E-state index in [-0.39, 0.29) is 17.6 Å². The maximum Gasteiger partial charge on any atom is 0.283 e. The van der Waals surface area contributed by atoms with Gasteiger partial charge in [0.25, 0.3) is 5.56 Å². The smallest absolute Gasteiger partial charge is 0.283 e. The van der Waals surface area contributed by atoms with Crippen molar-refractivity contribution in [2.75, 3.05) is 18.5 Å². The van der Waals surface area contributed by atoms with Crippen molar-refractivity contribution >= 4 is 21.6 Å². The molecule has 1 aliphatic carbocycles. The second-order valence-corrected chi connectivity index (χ2v) is 6.37. The van der Waals surface area contributed by atoms with E-state index in [9.17, 15) is 4.79 Å². The lowest BCUT2D eigenvalue weighted by atomic mass is 10.0. The van der Waals surface area contributed by atoms with Crippen LogP contribution in [0.1, 0.15) is 39.0 Å². The summed E-state index contributed by atoms with van der Waals surface area (Å²) in [5, 5.41) is 16.6. The Kier molecular flexibility index (Phi) is 5.21. The molecule has 6 heteroatoms. The topological polar surface area (TPSA) is 67.2 Å². The van der Waals surface area contributed by atoms with Gasteiger partial charge >= 0.3 is 0 Å². The fourth-order valence-electron chi connectivity index (χ4n) is 2.27. The lowest BCUT2D eigenvalue weighted by Gasteiger charge is -2.16. The van der Waals surface area contributed by atoms with Gasteiger partial charge in [0, 0.05) is 19.7 Å². The van der Waals surface area contributed by atoms with Crippen molar-refractivity contribution in [3.63, 3.8) is 0 Å². The number of nitrogens with one attached hydrogen (secondary N) is 1. The number of unbranched alkanes of at least 4 members (excludes halogenated alkanes) is 1. The zero-order valence-corrected chi connectivity index (χ0v) is 13.4. The van der Waals surface area contributed by atoms with Crippen LogP contribution in [0.4, 0.5) is 5.69 Å². The van der Waals surface area contributed by atoms with Crippen molar-refractivity contribution in [3.8, 4) is 0 Å². The molecule has 0 spiro atoms. The van der Waals surface area contributed by atoms with Gasteiger partial charge in [0.2, 0.25) is 0 Å². The van der Waals surface area contributed by atoms with E-state index >= 15 is 0 Å². The molecule has 1 fully saturated rings. The number of aromatic nitrogens is 2. The zero-order valence-electron chi connectivity index (χ0n) is 11.9. The monoisotopic (exact) mass is 343 g/mol. The first-order valence-electron chi connectivity index (χ1n) is 7.22. The van der Waals surface area contributed by atoms with Gasteiger partial charge in [-0.15, -0.1) is 0 Å². The number of anilines is 1. The molecule has 1 aliphatic rings. The summed E-state index contributed by atoms with van der Waals surface area (Å²) in [6.45, 7) is 3.75. The predicted molar refractivity (Wildman–Crippen MR) is 83.0 cm³/mol. The highest BCUT2D eigenvalue weighted by atomic mass is 79.9. The summed E-state index contributed by atoms with van der Waals surface area (Å²) in [6.07, 6.45) is 6.79. The minimum Gasteiger partial charge on any atom is -0.396 e. The summed E-state index contributed by atoms with van der Waals surface area (Å²) in [7, 11) is 0. The summed E-state index contributed by atoms with van der Waals surface area (Å²) in [6, 6.07) is 0. The van der Waals surface area contributed by atoms with E-state index in [2.05, 4.69) is 33.3 Å². The van der Waals surface area contributed by atoms with E-state index in [0.29, 0.717) is 11.0 Å². The fourth-order valence-corrected chi connectivity index (χ4v) is 2.71. The van der Waals surface area contributed by atoms with E-state index in [4.69, 9.17) is 5.11 Å². The van der Waals surface area contributed by atoms with Gasteiger partial charge in [-0.2, -0.15) is 5.10 Å². The van der Waals surface area contributed by atoms with Crippen LogP contribution in [0.2, 0.25) is 0 Å². The Hall–Kier alpha value is -0.880. The average Bonchev–Trinajstić information content (AvgIpc) is 3.20. The highest BCUT2D eigenvalue weighted by molar-refractivity contribution is 9.10. The van der Waals surface area contributed by atoms with Crippen molar-refractivity contribution in [1.82, 2.24) is 9.78 Å². The van der Waals surface area contributed by atoms with Gasteiger partial charge in [0.05, 0.1) is 11.9 Å². The number of aliphatic hydroxyl groups is 1. The molecule has 1 saturated carbocycles. The molecule has 2 rings (SSSR count). The standard InChI is InChI=1S/C14H22BrN3O2/c1-2-3-7-18-13(20)12(15)11(9-17-18)16-10-14(4-5-14)6-8-19/h9,16,19H,2-8,10H2,1H3. The molecule has 1 aromatic heterocycles. The van der Waals surface area contributed by atoms with E-state index in [1.807, 2.05) is 0 Å². The quantitative estimate of drug-likeness (QED) is 0.760. The minimum absolute atomic E-state index is 0.0875. The van der Waals surface area contributed by atoms with E-state index < -0.39 is 0 Å². The summed E-state index contributed by atoms with van der Waals surface area (Å²) < 4.78 is 2.04. The van der Waals surface area contributed by atoms with Gasteiger partial charge in [-0.05, 0) is 47.0 Å². The van der Waals surface area contributed by atoms with Gasteiger partial charge in [-0.1, -0.05) is 13.3 Å². The van der Waals surface area contributed by atoms with Gasteiger partial charge in [-0.3, -0.25) is 4.79 Å². The van der Waals surface area contributed by atoms with Gasteiger partial charge in [0.1, 0.15) is 4.47 Å². The van der Waals surface area contributed by atoms with E-state index in [0.717, 1.165) is 44.3 Å². The molecule has 2 N–H and O–H groups in total. The molecule has 1 aromatic rings. The maximum atomic E-state index is 12.1. The summed E-state index contributed by atoms with van der Waals surface area (Å²) >= 11 is 3.36. The molecule has 0 bridgehead atoms. The van der Waals surface area contributed by atoms with Crippen LogP contribution in [0, 0.1) is 5.41 Å². The van der Waals surface area contributed by atoms with Crippen molar-refractivity contribution in [2.24, 2.45) is 5.41 Å². The van der Waals surface area contributed by atoms with Gasteiger partial charge < -0.3 is 10.4 Å². The molecule has 0 saturated heterocycles. The number of hydrogen-bond donors (Lipinski definition) is 2. The predicted octanol–water partition coefficient (Wildman–Crippen LogP) is 2.38. The van der Waals surface area contributed by atoms with Crippen LogP contribution in [-0.2, 0) is 6.54 Å². The molecule has 0 amide bonds. The van der Waals surface area contributed by atoms with E-state index in [1.54, 1.807) is 6.20 Å². The summed E-state index contributed by atoms with van der Waals surface area (Å²) in [4.78, 5) is 12.1. The van der Waals surface area contributed by atoms with Gasteiger partial charge in [-0.25, -0.2) is 4.68 Å². The second-order valence-electron chi connectivity index (χ2n) is 5.58. The molecule has 0 radical (unpaired) electrons. The largest absolute Gasteiger partial charge is 0.396 e. The van der Waals surface area contributed by atoms with Crippen LogP contribution in [0.5, 0.6) is 0 Å². The summed E-state index contributed by atoms with van der Waals surface area (Å²) in [5.41, 5.74) is 0.869. The Morgan fingerprint density at radius 3 is 2.90 bits per heavy atom. The molecule has 0 unspecified atom stereocenters. The van der Waals surface area contributed by atoms with Crippen LogP contribution in [0.15, 0.2) is 15.5 Å². The third-order valence-electron chi connectivity index (χ3n) is 3.96. The van der Waals surface area contributed by atoms with Crippen LogP contribution in [-0.4, -0.2) is 28.0 Å². The lowest BCUT2D eigenvalue weighted by Crippen LogP contribution is -2.26. The van der Waals surface area contributed by atoms with E-state index in [1.165, 1.54) is 4.68 Å². The molecular formula is C14H22BrN3O2. The zero-order chi connectivity index (χ0) is 14.6. The number of aliphatic hydroxyl groups excluding tert-OH is 1. The number of nitrogens with zero attached hydrogens (tertiary/aromatic N) is 2. The maximum absolute atomic E-state index is 12.1. The molecule has 20 heavy (non-hydrogen) atoms. The molecule has 112 valence electrons. The highest BCUT2D eigenvalue weighted by Crippen LogP contribution is 2.48. The average molecular weight is 344 g/mol. The number of halogens is 1. The first kappa shape index (κ1) is 15.5. The number of hydrogen-bond acceptors (Lipinski definition) is 4. The third kappa shape index (κ3) is 3.61. The van der Waals surface area contributed by atoms with Crippen molar-refractivity contribution in [2.45, 2.75) is 45.6 Å². The Morgan fingerprint density at radius 2 is 2.30 bits per heavy atom. The molecule has 0 aliphatic heterocycles. The Balaban J connectivity index is 2.02. The Bertz CT molecular complexity index is 512. The number of rotatable bonds is 8. The molecule has 0 atom stereocenters. The lowest BCUT2D eigenvalue weighted by molar-refractivity contribution is 0.253. The third-order valence-corrected chi connectivity index (χ3v) is 4.73. The van der Waals surface area contributed by atoms with Crippen LogP contribution in [0.25, 0.3) is 0 Å².